The maximum Gasteiger partial charge on any atom is 0.119 e. The van der Waals surface area contributed by atoms with Crippen molar-refractivity contribution in [3.63, 3.8) is 0 Å². The van der Waals surface area contributed by atoms with Gasteiger partial charge in [0, 0.05) is 5.33 Å². The van der Waals surface area contributed by atoms with Crippen LogP contribution in [0.25, 0.3) is 0 Å². The van der Waals surface area contributed by atoms with Gasteiger partial charge in [0.1, 0.15) is 12.4 Å². The average Bonchev–Trinajstić information content (AvgIpc) is 2.38. The minimum absolute atomic E-state index is 0.0684. The second kappa shape index (κ2) is 9.36. The molecule has 0 saturated heterocycles. The molecule has 0 heterocycles. The number of aryl methyl sites for hydroxylation is 1. The van der Waals surface area contributed by atoms with E-state index in [1.54, 1.807) is 0 Å². The van der Waals surface area contributed by atoms with E-state index >= 15 is 0 Å². The fourth-order valence-corrected chi connectivity index (χ4v) is 1.59. The zero-order chi connectivity index (χ0) is 13.2. The summed E-state index contributed by atoms with van der Waals surface area (Å²) >= 11 is 3.30. The molecule has 1 rings (SSSR count). The fraction of sp³-hybridized carbons (Fsp3) is 0.571. The van der Waals surface area contributed by atoms with Crippen molar-refractivity contribution in [1.29, 1.82) is 0 Å². The van der Waals surface area contributed by atoms with E-state index in [2.05, 4.69) is 22.9 Å². The number of halogens is 1. The predicted molar refractivity (Wildman–Crippen MR) is 76.7 cm³/mol. The molecule has 18 heavy (non-hydrogen) atoms. The van der Waals surface area contributed by atoms with Gasteiger partial charge < -0.3 is 14.2 Å². The predicted octanol–water partition coefficient (Wildman–Crippen LogP) is 3.19. The zero-order valence-electron chi connectivity index (χ0n) is 11.0. The Balaban J connectivity index is 2.09. The standard InChI is InChI=1S/C14H21BrO3/c1-12-3-5-14(6-4-12)18-11-13(2)17-10-9-16-8-7-15/h3-6,13H,7-11H2,1-2H3. The Kier molecular flexibility index (Phi) is 8.05. The molecule has 0 radical (unpaired) electrons. The first kappa shape index (κ1) is 15.5. The van der Waals surface area contributed by atoms with Crippen LogP contribution in [0.3, 0.4) is 0 Å². The van der Waals surface area contributed by atoms with Crippen LogP contribution in [0.5, 0.6) is 5.75 Å². The molecular weight excluding hydrogens is 296 g/mol. The molecule has 1 aromatic carbocycles. The molecule has 0 fully saturated rings. The first-order valence-electron chi connectivity index (χ1n) is 6.17. The number of benzene rings is 1. The van der Waals surface area contributed by atoms with Crippen LogP contribution in [0, 0.1) is 6.92 Å². The van der Waals surface area contributed by atoms with Crippen molar-refractivity contribution in [2.45, 2.75) is 20.0 Å². The highest BCUT2D eigenvalue weighted by atomic mass is 79.9. The number of alkyl halides is 1. The van der Waals surface area contributed by atoms with Crippen molar-refractivity contribution in [2.24, 2.45) is 0 Å². The Labute approximate surface area is 118 Å². The van der Waals surface area contributed by atoms with Gasteiger partial charge in [0.2, 0.25) is 0 Å². The summed E-state index contributed by atoms with van der Waals surface area (Å²) in [7, 11) is 0. The molecule has 0 saturated carbocycles. The quantitative estimate of drug-likeness (QED) is 0.517. The summed E-state index contributed by atoms with van der Waals surface area (Å²) in [6, 6.07) is 8.02. The maximum atomic E-state index is 5.63. The summed E-state index contributed by atoms with van der Waals surface area (Å²) in [5, 5.41) is 0.860. The molecule has 3 nitrogen and oxygen atoms in total. The van der Waals surface area contributed by atoms with Gasteiger partial charge in [-0.2, -0.15) is 0 Å². The largest absolute Gasteiger partial charge is 0.491 e. The summed E-state index contributed by atoms with van der Waals surface area (Å²) in [4.78, 5) is 0. The van der Waals surface area contributed by atoms with Crippen LogP contribution in [0.15, 0.2) is 24.3 Å². The normalized spacial score (nSPS) is 12.4. The Hall–Kier alpha value is -0.580. The molecule has 0 bridgehead atoms. The summed E-state index contributed by atoms with van der Waals surface area (Å²) in [5.41, 5.74) is 1.23. The van der Waals surface area contributed by atoms with Crippen molar-refractivity contribution >= 4 is 15.9 Å². The van der Waals surface area contributed by atoms with Gasteiger partial charge in [0.25, 0.3) is 0 Å². The fourth-order valence-electron chi connectivity index (χ4n) is 1.36. The Morgan fingerprint density at radius 1 is 1.11 bits per heavy atom. The minimum atomic E-state index is 0.0684. The summed E-state index contributed by atoms with van der Waals surface area (Å²) in [5.74, 6) is 0.881. The van der Waals surface area contributed by atoms with Crippen LogP contribution in [-0.4, -0.2) is 37.9 Å². The lowest BCUT2D eigenvalue weighted by molar-refractivity contribution is -0.00302. The van der Waals surface area contributed by atoms with E-state index in [-0.39, 0.29) is 6.10 Å². The highest BCUT2D eigenvalue weighted by Crippen LogP contribution is 2.11. The lowest BCUT2D eigenvalue weighted by Gasteiger charge is -2.14. The SMILES string of the molecule is Cc1ccc(OCC(C)OCCOCCBr)cc1. The molecule has 0 aliphatic heterocycles. The van der Waals surface area contributed by atoms with Gasteiger partial charge in [-0.25, -0.2) is 0 Å². The third kappa shape index (κ3) is 6.99. The molecule has 0 aliphatic carbocycles. The second-order valence-corrected chi connectivity index (χ2v) is 4.90. The second-order valence-electron chi connectivity index (χ2n) is 4.11. The Morgan fingerprint density at radius 2 is 1.83 bits per heavy atom. The highest BCUT2D eigenvalue weighted by Gasteiger charge is 2.03. The Bertz CT molecular complexity index is 313. The topological polar surface area (TPSA) is 27.7 Å². The third-order valence-electron chi connectivity index (χ3n) is 2.36. The first-order valence-corrected chi connectivity index (χ1v) is 7.29. The van der Waals surface area contributed by atoms with E-state index in [9.17, 15) is 0 Å². The molecule has 0 N–H and O–H groups in total. The number of rotatable bonds is 9. The number of ether oxygens (including phenoxy) is 3. The molecule has 4 heteroatoms. The monoisotopic (exact) mass is 316 g/mol. The van der Waals surface area contributed by atoms with Gasteiger partial charge in [-0.3, -0.25) is 0 Å². The molecule has 1 unspecified atom stereocenters. The van der Waals surface area contributed by atoms with Crippen molar-refractivity contribution in [2.75, 3.05) is 31.8 Å². The zero-order valence-corrected chi connectivity index (χ0v) is 12.6. The molecule has 0 spiro atoms. The maximum absolute atomic E-state index is 5.63. The lowest BCUT2D eigenvalue weighted by Crippen LogP contribution is -2.20. The van der Waals surface area contributed by atoms with Crippen LogP contribution in [0.4, 0.5) is 0 Å². The summed E-state index contributed by atoms with van der Waals surface area (Å²) in [6.45, 7) is 6.56. The molecule has 102 valence electrons. The van der Waals surface area contributed by atoms with Crippen LogP contribution in [-0.2, 0) is 9.47 Å². The van der Waals surface area contributed by atoms with Crippen LogP contribution < -0.4 is 4.74 Å². The first-order chi connectivity index (χ1) is 8.72. The highest BCUT2D eigenvalue weighted by molar-refractivity contribution is 9.09. The van der Waals surface area contributed by atoms with E-state index in [4.69, 9.17) is 14.2 Å². The number of hydrogen-bond acceptors (Lipinski definition) is 3. The van der Waals surface area contributed by atoms with E-state index < -0.39 is 0 Å². The van der Waals surface area contributed by atoms with Gasteiger partial charge in [-0.05, 0) is 26.0 Å². The summed E-state index contributed by atoms with van der Waals surface area (Å²) in [6.07, 6.45) is 0.0684. The van der Waals surface area contributed by atoms with Crippen LogP contribution in [0.2, 0.25) is 0 Å². The van der Waals surface area contributed by atoms with Gasteiger partial charge in [0.15, 0.2) is 0 Å². The number of hydrogen-bond donors (Lipinski definition) is 0. The van der Waals surface area contributed by atoms with E-state index in [1.165, 1.54) is 5.56 Å². The molecule has 0 amide bonds. The average molecular weight is 317 g/mol. The van der Waals surface area contributed by atoms with Crippen molar-refractivity contribution < 1.29 is 14.2 Å². The van der Waals surface area contributed by atoms with Gasteiger partial charge in [-0.1, -0.05) is 33.6 Å². The third-order valence-corrected chi connectivity index (χ3v) is 2.68. The molecule has 1 aromatic rings. The van der Waals surface area contributed by atoms with Crippen molar-refractivity contribution in [3.8, 4) is 5.75 Å². The smallest absolute Gasteiger partial charge is 0.119 e. The van der Waals surface area contributed by atoms with E-state index in [1.807, 2.05) is 31.2 Å². The molecular formula is C14H21BrO3. The van der Waals surface area contributed by atoms with Crippen molar-refractivity contribution in [3.05, 3.63) is 29.8 Å². The van der Waals surface area contributed by atoms with E-state index in [0.717, 1.165) is 17.7 Å². The van der Waals surface area contributed by atoms with Gasteiger partial charge >= 0.3 is 0 Å². The Morgan fingerprint density at radius 3 is 2.50 bits per heavy atom. The lowest BCUT2D eigenvalue weighted by atomic mass is 10.2. The minimum Gasteiger partial charge on any atom is -0.491 e. The molecule has 1 atom stereocenters. The van der Waals surface area contributed by atoms with Gasteiger partial charge in [0.05, 0.1) is 25.9 Å². The summed E-state index contributed by atoms with van der Waals surface area (Å²) < 4.78 is 16.5. The molecule has 0 aromatic heterocycles. The van der Waals surface area contributed by atoms with Crippen molar-refractivity contribution in [1.82, 2.24) is 0 Å². The van der Waals surface area contributed by atoms with Gasteiger partial charge in [-0.15, -0.1) is 0 Å². The molecule has 0 aliphatic rings. The van der Waals surface area contributed by atoms with E-state index in [0.29, 0.717) is 19.8 Å². The van der Waals surface area contributed by atoms with Crippen LogP contribution in [0.1, 0.15) is 12.5 Å². The van der Waals surface area contributed by atoms with Crippen LogP contribution >= 0.6 is 15.9 Å².